The van der Waals surface area contributed by atoms with E-state index in [1.165, 1.54) is 25.7 Å². The third-order valence-electron chi connectivity index (χ3n) is 3.40. The van der Waals surface area contributed by atoms with Crippen molar-refractivity contribution in [1.82, 2.24) is 9.97 Å². The summed E-state index contributed by atoms with van der Waals surface area (Å²) in [4.78, 5) is 8.41. The molecule has 17 heavy (non-hydrogen) atoms. The molecule has 1 aliphatic rings. The molecule has 0 radical (unpaired) electrons. The van der Waals surface area contributed by atoms with Gasteiger partial charge < -0.3 is 11.1 Å². The van der Waals surface area contributed by atoms with E-state index >= 15 is 0 Å². The molecular weight excluding hydrogens is 280 g/mol. The Balaban J connectivity index is 1.85. The van der Waals surface area contributed by atoms with Crippen molar-refractivity contribution in [1.29, 1.82) is 0 Å². The Hall–Kier alpha value is -0.840. The number of anilines is 2. The number of nitrogen functional groups attached to an aromatic ring is 1. The van der Waals surface area contributed by atoms with Gasteiger partial charge in [-0.3, -0.25) is 0 Å². The minimum absolute atomic E-state index is 0.492. The van der Waals surface area contributed by atoms with E-state index in [1.54, 1.807) is 6.07 Å². The number of aromatic nitrogens is 2. The summed E-state index contributed by atoms with van der Waals surface area (Å²) in [6.45, 7) is 3.28. The quantitative estimate of drug-likeness (QED) is 0.842. The highest BCUT2D eigenvalue weighted by atomic mass is 79.9. The van der Waals surface area contributed by atoms with Crippen molar-refractivity contribution < 1.29 is 0 Å². The topological polar surface area (TPSA) is 63.8 Å². The Labute approximate surface area is 111 Å². The molecule has 0 spiro atoms. The lowest BCUT2D eigenvalue weighted by molar-refractivity contribution is 0.300. The summed E-state index contributed by atoms with van der Waals surface area (Å²) >= 11 is 3.32. The first-order valence-corrected chi connectivity index (χ1v) is 6.96. The van der Waals surface area contributed by atoms with Gasteiger partial charge in [-0.25, -0.2) is 4.98 Å². The van der Waals surface area contributed by atoms with Gasteiger partial charge in [0.15, 0.2) is 0 Å². The Morgan fingerprint density at radius 1 is 1.35 bits per heavy atom. The van der Waals surface area contributed by atoms with E-state index in [-0.39, 0.29) is 0 Å². The summed E-state index contributed by atoms with van der Waals surface area (Å²) in [5, 5.41) is 3.28. The van der Waals surface area contributed by atoms with Gasteiger partial charge in [-0.05, 0) is 40.6 Å². The minimum Gasteiger partial charge on any atom is -0.383 e. The monoisotopic (exact) mass is 298 g/mol. The Morgan fingerprint density at radius 3 is 2.71 bits per heavy atom. The van der Waals surface area contributed by atoms with Crippen LogP contribution in [0, 0.1) is 11.8 Å². The van der Waals surface area contributed by atoms with Crippen molar-refractivity contribution in [3.05, 3.63) is 10.7 Å². The smallest absolute Gasteiger partial charge is 0.225 e. The number of hydrogen-bond acceptors (Lipinski definition) is 4. The Bertz CT molecular complexity index is 355. The molecule has 1 saturated carbocycles. The summed E-state index contributed by atoms with van der Waals surface area (Å²) < 4.78 is 0.727. The molecule has 1 aromatic heterocycles. The summed E-state index contributed by atoms with van der Waals surface area (Å²) in [5.74, 6) is 2.75. The van der Waals surface area contributed by atoms with Crippen LogP contribution in [0.1, 0.15) is 32.6 Å². The summed E-state index contributed by atoms with van der Waals surface area (Å²) in [5.41, 5.74) is 5.67. The predicted octanol–water partition coefficient (Wildman–Crippen LogP) is 3.06. The van der Waals surface area contributed by atoms with Crippen molar-refractivity contribution in [3.63, 3.8) is 0 Å². The lowest BCUT2D eigenvalue weighted by Crippen LogP contribution is -2.21. The predicted molar refractivity (Wildman–Crippen MR) is 73.8 cm³/mol. The van der Waals surface area contributed by atoms with Crippen molar-refractivity contribution >= 4 is 27.7 Å². The van der Waals surface area contributed by atoms with Crippen LogP contribution < -0.4 is 11.1 Å². The number of nitrogens with zero attached hydrogens (tertiary/aromatic N) is 2. The molecule has 0 bridgehead atoms. The summed E-state index contributed by atoms with van der Waals surface area (Å²) in [6.07, 6.45) is 5.29. The highest BCUT2D eigenvalue weighted by Crippen LogP contribution is 2.28. The molecule has 0 saturated heterocycles. The van der Waals surface area contributed by atoms with E-state index in [0.717, 1.165) is 23.0 Å². The molecule has 0 atom stereocenters. The van der Waals surface area contributed by atoms with Gasteiger partial charge in [0.2, 0.25) is 5.95 Å². The third-order valence-corrected chi connectivity index (χ3v) is 3.81. The molecule has 5 heteroatoms. The number of nitrogens with one attached hydrogen (secondary N) is 1. The molecular formula is C12H19BrN4. The lowest BCUT2D eigenvalue weighted by atomic mass is 9.83. The molecule has 0 aromatic carbocycles. The van der Waals surface area contributed by atoms with Crippen molar-refractivity contribution in [2.45, 2.75) is 32.6 Å². The van der Waals surface area contributed by atoms with E-state index in [9.17, 15) is 0 Å². The number of rotatable bonds is 3. The second-order valence-electron chi connectivity index (χ2n) is 4.95. The SMILES string of the molecule is CC1CCC(CNc2nc(N)cc(Br)n2)CC1. The fourth-order valence-corrected chi connectivity index (χ4v) is 2.69. The maximum absolute atomic E-state index is 5.67. The fraction of sp³-hybridized carbons (Fsp3) is 0.667. The average molecular weight is 299 g/mol. The second-order valence-corrected chi connectivity index (χ2v) is 5.76. The van der Waals surface area contributed by atoms with Crippen LogP contribution in [-0.4, -0.2) is 16.5 Å². The van der Waals surface area contributed by atoms with Crippen LogP contribution in [0.3, 0.4) is 0 Å². The van der Waals surface area contributed by atoms with Crippen LogP contribution >= 0.6 is 15.9 Å². The van der Waals surface area contributed by atoms with Crippen molar-refractivity contribution in [2.24, 2.45) is 11.8 Å². The molecule has 0 aliphatic heterocycles. The Morgan fingerprint density at radius 2 is 2.06 bits per heavy atom. The fourth-order valence-electron chi connectivity index (χ4n) is 2.28. The maximum atomic E-state index is 5.67. The second kappa shape index (κ2) is 5.67. The van der Waals surface area contributed by atoms with E-state index in [2.05, 4.69) is 38.1 Å². The zero-order valence-corrected chi connectivity index (χ0v) is 11.7. The standard InChI is InChI=1S/C12H19BrN4/c1-8-2-4-9(5-3-8)7-15-12-16-10(13)6-11(14)17-12/h6,8-9H,2-5,7H2,1H3,(H3,14,15,16,17). The van der Waals surface area contributed by atoms with E-state index in [0.29, 0.717) is 11.8 Å². The van der Waals surface area contributed by atoms with Crippen LogP contribution in [0.2, 0.25) is 0 Å². The van der Waals surface area contributed by atoms with Crippen LogP contribution in [0.4, 0.5) is 11.8 Å². The third kappa shape index (κ3) is 3.84. The molecule has 1 heterocycles. The highest BCUT2D eigenvalue weighted by molar-refractivity contribution is 9.10. The molecule has 1 aliphatic carbocycles. The molecule has 1 fully saturated rings. The van der Waals surface area contributed by atoms with Crippen molar-refractivity contribution in [3.8, 4) is 0 Å². The van der Waals surface area contributed by atoms with Gasteiger partial charge in [-0.1, -0.05) is 19.8 Å². The summed E-state index contributed by atoms with van der Waals surface area (Å²) in [7, 11) is 0. The largest absolute Gasteiger partial charge is 0.383 e. The van der Waals surface area contributed by atoms with Crippen LogP contribution in [0.25, 0.3) is 0 Å². The van der Waals surface area contributed by atoms with E-state index in [4.69, 9.17) is 5.73 Å². The van der Waals surface area contributed by atoms with Crippen LogP contribution in [0.5, 0.6) is 0 Å². The normalized spacial score (nSPS) is 24.6. The van der Waals surface area contributed by atoms with Gasteiger partial charge in [0.1, 0.15) is 10.4 Å². The minimum atomic E-state index is 0.492. The van der Waals surface area contributed by atoms with E-state index in [1.807, 2.05) is 0 Å². The van der Waals surface area contributed by atoms with E-state index < -0.39 is 0 Å². The maximum Gasteiger partial charge on any atom is 0.225 e. The van der Waals surface area contributed by atoms with Gasteiger partial charge >= 0.3 is 0 Å². The van der Waals surface area contributed by atoms with Crippen molar-refractivity contribution in [2.75, 3.05) is 17.6 Å². The average Bonchev–Trinajstić information content (AvgIpc) is 2.27. The first-order valence-electron chi connectivity index (χ1n) is 6.17. The molecule has 3 N–H and O–H groups in total. The summed E-state index contributed by atoms with van der Waals surface area (Å²) in [6, 6.07) is 1.70. The Kier molecular flexibility index (Phi) is 4.20. The first kappa shape index (κ1) is 12.6. The first-order chi connectivity index (χ1) is 8.13. The molecule has 4 nitrogen and oxygen atoms in total. The highest BCUT2D eigenvalue weighted by Gasteiger charge is 2.18. The van der Waals surface area contributed by atoms with Crippen LogP contribution in [0.15, 0.2) is 10.7 Å². The lowest BCUT2D eigenvalue weighted by Gasteiger charge is -2.26. The molecule has 0 unspecified atom stereocenters. The van der Waals surface area contributed by atoms with Gasteiger partial charge in [-0.15, -0.1) is 0 Å². The van der Waals surface area contributed by atoms with Gasteiger partial charge in [0.05, 0.1) is 0 Å². The molecule has 2 rings (SSSR count). The van der Waals surface area contributed by atoms with Gasteiger partial charge in [0, 0.05) is 12.6 Å². The molecule has 0 amide bonds. The zero-order valence-electron chi connectivity index (χ0n) is 10.1. The number of halogens is 1. The zero-order chi connectivity index (χ0) is 12.3. The number of hydrogen-bond donors (Lipinski definition) is 2. The van der Waals surface area contributed by atoms with Gasteiger partial charge in [-0.2, -0.15) is 4.98 Å². The van der Waals surface area contributed by atoms with Crippen LogP contribution in [-0.2, 0) is 0 Å². The number of nitrogens with two attached hydrogens (primary N) is 1. The molecule has 94 valence electrons. The molecule has 1 aromatic rings. The van der Waals surface area contributed by atoms with Gasteiger partial charge in [0.25, 0.3) is 0 Å².